The number of aliphatic hydroxyl groups is 1. The molecule has 10 heteroatoms. The molecule has 264 valence electrons. The van der Waals surface area contributed by atoms with Gasteiger partial charge in [-0.15, -0.1) is 0 Å². The van der Waals surface area contributed by atoms with Crippen LogP contribution in [0.4, 0.5) is 4.79 Å². The second kappa shape index (κ2) is 16.2. The summed E-state index contributed by atoms with van der Waals surface area (Å²) >= 11 is 0. The van der Waals surface area contributed by atoms with Gasteiger partial charge in [-0.2, -0.15) is 0 Å². The second-order valence-corrected chi connectivity index (χ2v) is 14.2. The van der Waals surface area contributed by atoms with Crippen molar-refractivity contribution in [2.75, 3.05) is 6.54 Å². The largest absolute Gasteiger partial charge is 0.444 e. The summed E-state index contributed by atoms with van der Waals surface area (Å²) in [4.78, 5) is 56.5. The number of aliphatic hydroxyl groups excluding tert-OH is 1. The number of aromatic nitrogens is 1. The third-order valence-corrected chi connectivity index (χ3v) is 8.53. The summed E-state index contributed by atoms with van der Waals surface area (Å²) in [5.41, 5.74) is 4.43. The van der Waals surface area contributed by atoms with Crippen LogP contribution in [0.5, 0.6) is 0 Å². The molecule has 4 N–H and O–H groups in total. The summed E-state index contributed by atoms with van der Waals surface area (Å²) in [5, 5.41) is 24.2. The lowest BCUT2D eigenvalue weighted by Gasteiger charge is -2.25. The molecule has 0 bridgehead atoms. The van der Waals surface area contributed by atoms with E-state index in [2.05, 4.69) is 22.2 Å². The van der Waals surface area contributed by atoms with Gasteiger partial charge < -0.3 is 25.9 Å². The van der Waals surface area contributed by atoms with Crippen LogP contribution in [0.25, 0.3) is 17.2 Å². The maximum Gasteiger partial charge on any atom is 0.408 e. The lowest BCUT2D eigenvalue weighted by atomic mass is 9.89. The normalized spacial score (nSPS) is 13.4. The highest BCUT2D eigenvalue weighted by atomic mass is 16.6. The fraction of sp³-hybridized carbons (Fsp3) is 0.400. The van der Waals surface area contributed by atoms with Crippen LogP contribution in [0, 0.1) is 24.2 Å². The number of benzene rings is 2. The van der Waals surface area contributed by atoms with E-state index in [1.54, 1.807) is 82.3 Å². The summed E-state index contributed by atoms with van der Waals surface area (Å²) in [7, 11) is 0. The van der Waals surface area contributed by atoms with E-state index >= 15 is 0 Å². The first-order chi connectivity index (χ1) is 23.6. The summed E-state index contributed by atoms with van der Waals surface area (Å²) in [6.07, 6.45) is 3.03. The fourth-order valence-electron chi connectivity index (χ4n) is 5.61. The zero-order chi connectivity index (χ0) is 36.7. The van der Waals surface area contributed by atoms with Gasteiger partial charge in [0.25, 0.3) is 5.91 Å². The Morgan fingerprint density at radius 1 is 1.06 bits per heavy atom. The molecule has 1 fully saturated rings. The lowest BCUT2D eigenvalue weighted by molar-refractivity contribution is -0.120. The molecule has 0 saturated heterocycles. The van der Waals surface area contributed by atoms with Gasteiger partial charge in [0.2, 0.25) is 0 Å². The molecule has 0 unspecified atom stereocenters. The average Bonchev–Trinajstić information content (AvgIpc) is 3.89. The van der Waals surface area contributed by atoms with E-state index in [1.165, 1.54) is 0 Å². The van der Waals surface area contributed by atoms with Crippen LogP contribution in [-0.2, 0) is 22.6 Å². The molecule has 2 amide bonds. The molecule has 1 atom stereocenters. The Hall–Kier alpha value is -4.96. The smallest absolute Gasteiger partial charge is 0.408 e. The highest BCUT2D eigenvalue weighted by Gasteiger charge is 2.28. The highest BCUT2D eigenvalue weighted by molar-refractivity contribution is 6.11. The van der Waals surface area contributed by atoms with Gasteiger partial charge in [0.05, 0.1) is 19.1 Å². The van der Waals surface area contributed by atoms with Crippen molar-refractivity contribution in [1.82, 2.24) is 15.6 Å². The molecule has 1 aromatic heterocycles. The molecule has 3 aromatic rings. The van der Waals surface area contributed by atoms with Crippen LogP contribution in [0.2, 0.25) is 0 Å². The number of carbonyl (C=O) groups is 4. The van der Waals surface area contributed by atoms with E-state index < -0.39 is 17.7 Å². The fourth-order valence-corrected chi connectivity index (χ4v) is 5.61. The Morgan fingerprint density at radius 3 is 2.30 bits per heavy atom. The molecule has 50 heavy (non-hydrogen) atoms. The van der Waals surface area contributed by atoms with Crippen molar-refractivity contribution < 1.29 is 29.0 Å². The molecule has 1 aliphatic rings. The molecule has 2 aromatic carbocycles. The molecular formula is C40H48N4O6. The van der Waals surface area contributed by atoms with Crippen molar-refractivity contribution in [2.45, 2.75) is 85.5 Å². The van der Waals surface area contributed by atoms with Crippen molar-refractivity contribution in [3.63, 3.8) is 0 Å². The Bertz CT molecular complexity index is 1780. The maximum atomic E-state index is 13.9. The van der Waals surface area contributed by atoms with Crippen molar-refractivity contribution in [2.24, 2.45) is 11.8 Å². The standard InChI is InChI=1S/C40H48N4O6/c1-8-27-18-32(31(19-29(27)22-45)30-15-16-34(43-24(30)4)38(48)42-21-26-9-10-26)35(46)17-25-11-13-28(14-12-25)33(41)20-36(47)37(23(2)3)44-39(49)50-40(5,6)7/h8,11-16,18-19,23,26,37,41,45H,1,9-10,17,20-22H2,2-7H3,(H,42,48)(H,44,49)/t37-/m0/s1. The van der Waals surface area contributed by atoms with Gasteiger partial charge in [0.1, 0.15) is 11.3 Å². The number of nitrogens with zero attached hydrogens (tertiary/aromatic N) is 1. The van der Waals surface area contributed by atoms with Crippen molar-refractivity contribution in [1.29, 1.82) is 5.41 Å². The van der Waals surface area contributed by atoms with Gasteiger partial charge in [0.15, 0.2) is 11.6 Å². The predicted octanol–water partition coefficient (Wildman–Crippen LogP) is 6.63. The molecule has 0 spiro atoms. The average molecular weight is 681 g/mol. The number of pyridine rings is 1. The number of alkyl carbamates (subject to hydrolysis) is 1. The van der Waals surface area contributed by atoms with Crippen LogP contribution in [0.15, 0.2) is 55.1 Å². The SMILES string of the molecule is C=Cc1cc(C(=O)Cc2ccc(C(=N)CC(=O)[C@@H](NC(=O)OC(C)(C)C)C(C)C)cc2)c(-c2ccc(C(=O)NCC3CC3)nc2C)cc1CO. The summed E-state index contributed by atoms with van der Waals surface area (Å²) in [6.45, 7) is 14.9. The minimum absolute atomic E-state index is 0.0535. The van der Waals surface area contributed by atoms with E-state index in [1.807, 2.05) is 13.8 Å². The number of ketones is 2. The Kier molecular flexibility index (Phi) is 12.2. The predicted molar refractivity (Wildman–Crippen MR) is 194 cm³/mol. The molecule has 1 saturated carbocycles. The molecule has 4 rings (SSSR count). The van der Waals surface area contributed by atoms with Gasteiger partial charge in [-0.1, -0.05) is 56.8 Å². The zero-order valence-corrected chi connectivity index (χ0v) is 29.8. The molecule has 1 heterocycles. The Balaban J connectivity index is 1.51. The van der Waals surface area contributed by atoms with Gasteiger partial charge in [-0.25, -0.2) is 9.78 Å². The van der Waals surface area contributed by atoms with Crippen LogP contribution < -0.4 is 10.6 Å². The minimum atomic E-state index is -0.812. The Labute approximate surface area is 294 Å². The number of aryl methyl sites for hydroxylation is 1. The number of ether oxygens (including phenoxy) is 1. The number of rotatable bonds is 15. The Morgan fingerprint density at radius 2 is 1.74 bits per heavy atom. The monoisotopic (exact) mass is 680 g/mol. The number of nitrogens with one attached hydrogen (secondary N) is 3. The number of amides is 2. The van der Waals surface area contributed by atoms with Crippen molar-refractivity contribution in [3.05, 3.63) is 94.3 Å². The maximum absolute atomic E-state index is 13.9. The summed E-state index contributed by atoms with van der Waals surface area (Å²) in [6, 6.07) is 13.0. The van der Waals surface area contributed by atoms with Gasteiger partial charge in [-0.05, 0) is 98.4 Å². The zero-order valence-electron chi connectivity index (χ0n) is 29.8. The van der Waals surface area contributed by atoms with E-state index in [-0.39, 0.29) is 48.6 Å². The van der Waals surface area contributed by atoms with Gasteiger partial charge in [0, 0.05) is 35.5 Å². The molecular weight excluding hydrogens is 632 g/mol. The summed E-state index contributed by atoms with van der Waals surface area (Å²) in [5.74, 6) is -0.381. The number of hydrogen-bond donors (Lipinski definition) is 4. The third-order valence-electron chi connectivity index (χ3n) is 8.53. The van der Waals surface area contributed by atoms with E-state index in [0.29, 0.717) is 62.8 Å². The molecule has 0 radical (unpaired) electrons. The van der Waals surface area contributed by atoms with E-state index in [9.17, 15) is 24.3 Å². The topological polar surface area (TPSA) is 159 Å². The molecule has 10 nitrogen and oxygen atoms in total. The quantitative estimate of drug-likeness (QED) is 0.104. The van der Waals surface area contributed by atoms with Crippen LogP contribution >= 0.6 is 0 Å². The molecule has 0 aliphatic heterocycles. The minimum Gasteiger partial charge on any atom is -0.444 e. The summed E-state index contributed by atoms with van der Waals surface area (Å²) < 4.78 is 5.31. The number of hydrogen-bond acceptors (Lipinski definition) is 8. The van der Waals surface area contributed by atoms with Crippen molar-refractivity contribution >= 4 is 35.4 Å². The van der Waals surface area contributed by atoms with Crippen LogP contribution in [0.3, 0.4) is 0 Å². The van der Waals surface area contributed by atoms with E-state index in [0.717, 1.165) is 12.8 Å². The van der Waals surface area contributed by atoms with Crippen LogP contribution in [-0.4, -0.2) is 57.6 Å². The third kappa shape index (κ3) is 10.0. The van der Waals surface area contributed by atoms with E-state index in [4.69, 9.17) is 10.1 Å². The van der Waals surface area contributed by atoms with Gasteiger partial charge >= 0.3 is 6.09 Å². The lowest BCUT2D eigenvalue weighted by Crippen LogP contribution is -2.46. The number of Topliss-reactive ketones (excluding diaryl/α,β-unsaturated/α-hetero) is 2. The first-order valence-corrected chi connectivity index (χ1v) is 17.0. The first kappa shape index (κ1) is 37.9. The molecule has 1 aliphatic carbocycles. The second-order valence-electron chi connectivity index (χ2n) is 14.2. The van der Waals surface area contributed by atoms with Crippen LogP contribution in [0.1, 0.15) is 103 Å². The van der Waals surface area contributed by atoms with Gasteiger partial charge in [-0.3, -0.25) is 14.4 Å². The highest BCUT2D eigenvalue weighted by Crippen LogP contribution is 2.32. The van der Waals surface area contributed by atoms with Crippen molar-refractivity contribution in [3.8, 4) is 11.1 Å². The first-order valence-electron chi connectivity index (χ1n) is 17.0. The number of carbonyl (C=O) groups excluding carboxylic acids is 4.